The fraction of sp³-hybridized carbons (Fsp3) is 0.353. The van der Waals surface area contributed by atoms with Gasteiger partial charge in [-0.25, -0.2) is 0 Å². The van der Waals surface area contributed by atoms with E-state index in [1.165, 1.54) is 0 Å². The molecule has 0 unspecified atom stereocenters. The van der Waals surface area contributed by atoms with E-state index in [2.05, 4.69) is 4.98 Å². The molecule has 0 saturated heterocycles. The van der Waals surface area contributed by atoms with Gasteiger partial charge in [-0.1, -0.05) is 11.6 Å². The van der Waals surface area contributed by atoms with Crippen LogP contribution in [0, 0.1) is 0 Å². The summed E-state index contributed by atoms with van der Waals surface area (Å²) in [6, 6.07) is 5.49. The molecule has 0 aliphatic rings. The third-order valence-corrected chi connectivity index (χ3v) is 4.70. The second-order valence-electron chi connectivity index (χ2n) is 6.77. The van der Waals surface area contributed by atoms with Crippen LogP contribution in [0.25, 0.3) is 21.9 Å². The normalized spacial score (nSPS) is 13.0. The lowest BCUT2D eigenvalue weighted by atomic mass is 9.80. The molecule has 0 amide bonds. The molecule has 0 aliphatic heterocycles. The summed E-state index contributed by atoms with van der Waals surface area (Å²) in [6.07, 6.45) is 3.47. The van der Waals surface area contributed by atoms with Crippen LogP contribution >= 0.6 is 11.6 Å². The van der Waals surface area contributed by atoms with E-state index in [-0.39, 0.29) is 0 Å². The zero-order valence-corrected chi connectivity index (χ0v) is 14.4. The first kappa shape index (κ1) is 16.3. The summed E-state index contributed by atoms with van der Waals surface area (Å²) in [5.41, 5.74) is 0.710. The van der Waals surface area contributed by atoms with E-state index in [9.17, 15) is 5.11 Å². The molecule has 0 radical (unpaired) electrons. The van der Waals surface area contributed by atoms with Crippen LogP contribution in [0.15, 0.2) is 35.0 Å². The van der Waals surface area contributed by atoms with Crippen LogP contribution in [0.5, 0.6) is 0 Å². The Morgan fingerprint density at radius 2 is 1.96 bits per heavy atom. The molecule has 0 bridgehead atoms. The summed E-state index contributed by atoms with van der Waals surface area (Å²) < 4.78 is 11.8. The maximum atomic E-state index is 10.2. The van der Waals surface area contributed by atoms with Crippen LogP contribution < -0.4 is 5.46 Å². The Hall–Kier alpha value is -1.56. The van der Waals surface area contributed by atoms with Gasteiger partial charge >= 0.3 is 7.48 Å². The molecule has 0 fully saturated rings. The van der Waals surface area contributed by atoms with Crippen LogP contribution in [-0.2, 0) is 4.65 Å². The zero-order chi connectivity index (χ0) is 16.8. The Morgan fingerprint density at radius 3 is 2.65 bits per heavy atom. The first-order chi connectivity index (χ1) is 10.7. The van der Waals surface area contributed by atoms with Crippen molar-refractivity contribution < 1.29 is 14.2 Å². The summed E-state index contributed by atoms with van der Waals surface area (Å²) in [6.45, 7) is 7.20. The van der Waals surface area contributed by atoms with Gasteiger partial charge in [0.2, 0.25) is 0 Å². The molecule has 1 aromatic carbocycles. The minimum absolute atomic E-state index is 0.317. The number of hydrogen-bond donors (Lipinski definition) is 1. The Bertz CT molecular complexity index is 867. The molecule has 0 saturated carbocycles. The Morgan fingerprint density at radius 1 is 1.22 bits per heavy atom. The molecule has 0 aliphatic carbocycles. The van der Waals surface area contributed by atoms with Crippen molar-refractivity contribution in [2.45, 2.75) is 38.9 Å². The van der Waals surface area contributed by atoms with Crippen LogP contribution in [0.4, 0.5) is 0 Å². The van der Waals surface area contributed by atoms with Gasteiger partial charge in [-0.2, -0.15) is 0 Å². The molecular formula is C17H19BClNO3. The highest BCUT2D eigenvalue weighted by atomic mass is 35.5. The third kappa shape index (κ3) is 2.96. The Kier molecular flexibility index (Phi) is 3.91. The van der Waals surface area contributed by atoms with Crippen molar-refractivity contribution in [2.75, 3.05) is 0 Å². The van der Waals surface area contributed by atoms with Crippen molar-refractivity contribution in [3.63, 3.8) is 0 Å². The highest BCUT2D eigenvalue weighted by Gasteiger charge is 2.35. The number of hydrogen-bond acceptors (Lipinski definition) is 4. The van der Waals surface area contributed by atoms with Crippen molar-refractivity contribution in [3.8, 4) is 0 Å². The van der Waals surface area contributed by atoms with E-state index in [4.69, 9.17) is 20.7 Å². The van der Waals surface area contributed by atoms with Crippen LogP contribution in [0.3, 0.4) is 0 Å². The summed E-state index contributed by atoms with van der Waals surface area (Å²) in [7, 11) is 0.317. The van der Waals surface area contributed by atoms with E-state index in [1.807, 2.05) is 26.0 Å². The van der Waals surface area contributed by atoms with Gasteiger partial charge in [0.15, 0.2) is 0 Å². The molecule has 120 valence electrons. The maximum absolute atomic E-state index is 10.2. The minimum atomic E-state index is -0.968. The van der Waals surface area contributed by atoms with Crippen molar-refractivity contribution in [2.24, 2.45) is 0 Å². The molecule has 4 nitrogen and oxygen atoms in total. The number of nitrogens with zero attached hydrogens (tertiary/aromatic N) is 1. The van der Waals surface area contributed by atoms with Gasteiger partial charge in [-0.3, -0.25) is 4.98 Å². The standard InChI is InChI=1S/C17H19BClNO3/c1-16(2,21)17(3,4)23-18-12-7-10(19)8-14-15(12)11-9-20-6-5-13(11)22-14/h5-9,18,21H,1-4H3. The number of fused-ring (bicyclic) bond motifs is 3. The number of aromatic nitrogens is 1. The second-order valence-corrected chi connectivity index (χ2v) is 7.21. The fourth-order valence-corrected chi connectivity index (χ4v) is 2.58. The SMILES string of the molecule is CC(C)(O)C(C)(C)OBc1cc(Cl)cc2oc3ccncc3c12. The van der Waals surface area contributed by atoms with Gasteiger partial charge in [0.05, 0.1) is 11.2 Å². The fourth-order valence-electron chi connectivity index (χ4n) is 2.35. The number of pyridine rings is 1. The first-order valence-electron chi connectivity index (χ1n) is 7.50. The van der Waals surface area contributed by atoms with Crippen LogP contribution in [0.1, 0.15) is 27.7 Å². The smallest absolute Gasteiger partial charge is 0.310 e. The molecule has 3 aromatic rings. The van der Waals surface area contributed by atoms with Crippen molar-refractivity contribution in [3.05, 3.63) is 35.6 Å². The molecule has 6 heteroatoms. The third-order valence-electron chi connectivity index (χ3n) is 4.48. The molecule has 23 heavy (non-hydrogen) atoms. The topological polar surface area (TPSA) is 55.5 Å². The zero-order valence-electron chi connectivity index (χ0n) is 13.7. The molecule has 0 atom stereocenters. The predicted molar refractivity (Wildman–Crippen MR) is 94.8 cm³/mol. The summed E-state index contributed by atoms with van der Waals surface area (Å²) in [5.74, 6) is 0. The molecule has 3 rings (SSSR count). The Labute approximate surface area is 140 Å². The molecule has 1 N–H and O–H groups in total. The highest BCUT2D eigenvalue weighted by molar-refractivity contribution is 6.53. The number of furan rings is 1. The highest BCUT2D eigenvalue weighted by Crippen LogP contribution is 2.29. The van der Waals surface area contributed by atoms with E-state index in [1.54, 1.807) is 32.3 Å². The van der Waals surface area contributed by atoms with Gasteiger partial charge in [0.1, 0.15) is 11.2 Å². The molecular weight excluding hydrogens is 312 g/mol. The lowest BCUT2D eigenvalue weighted by Gasteiger charge is -2.37. The van der Waals surface area contributed by atoms with Gasteiger partial charge < -0.3 is 14.2 Å². The van der Waals surface area contributed by atoms with E-state index < -0.39 is 11.2 Å². The van der Waals surface area contributed by atoms with Gasteiger partial charge in [0.25, 0.3) is 0 Å². The maximum Gasteiger partial charge on any atom is 0.310 e. The average molecular weight is 332 g/mol. The Balaban J connectivity index is 2.07. The predicted octanol–water partition coefficient (Wildman–Crippen LogP) is 3.18. The minimum Gasteiger partial charge on any atom is -0.456 e. The van der Waals surface area contributed by atoms with Crippen LogP contribution in [0.2, 0.25) is 5.02 Å². The lowest BCUT2D eigenvalue weighted by molar-refractivity contribution is -0.0893. The first-order valence-corrected chi connectivity index (χ1v) is 7.88. The average Bonchev–Trinajstić information content (AvgIpc) is 2.81. The van der Waals surface area contributed by atoms with Crippen molar-refractivity contribution >= 4 is 46.5 Å². The van der Waals surface area contributed by atoms with E-state index in [0.717, 1.165) is 21.8 Å². The van der Waals surface area contributed by atoms with Gasteiger partial charge in [-0.15, -0.1) is 0 Å². The quantitative estimate of drug-likeness (QED) is 0.746. The number of halogens is 1. The van der Waals surface area contributed by atoms with Gasteiger partial charge in [0, 0.05) is 34.3 Å². The van der Waals surface area contributed by atoms with Crippen molar-refractivity contribution in [1.29, 1.82) is 0 Å². The number of rotatable bonds is 4. The van der Waals surface area contributed by atoms with E-state index >= 15 is 0 Å². The second kappa shape index (κ2) is 5.51. The monoisotopic (exact) mass is 331 g/mol. The number of aliphatic hydroxyl groups is 1. The molecule has 2 aromatic heterocycles. The summed E-state index contributed by atoms with van der Waals surface area (Å²) >= 11 is 6.21. The molecule has 0 spiro atoms. The summed E-state index contributed by atoms with van der Waals surface area (Å²) in [4.78, 5) is 4.17. The van der Waals surface area contributed by atoms with Crippen LogP contribution in [-0.4, -0.2) is 28.8 Å². The summed E-state index contributed by atoms with van der Waals surface area (Å²) in [5, 5.41) is 12.7. The van der Waals surface area contributed by atoms with E-state index in [0.29, 0.717) is 18.1 Å². The number of benzene rings is 1. The molecule has 2 heterocycles. The largest absolute Gasteiger partial charge is 0.456 e. The van der Waals surface area contributed by atoms with Gasteiger partial charge in [-0.05, 0) is 45.3 Å². The van der Waals surface area contributed by atoms with Crippen molar-refractivity contribution in [1.82, 2.24) is 4.98 Å². The lowest BCUT2D eigenvalue weighted by Crippen LogP contribution is -2.49.